The van der Waals surface area contributed by atoms with Crippen LogP contribution in [0.2, 0.25) is 0 Å². The molecule has 2 rings (SSSR count). The zero-order valence-electron chi connectivity index (χ0n) is 12.8. The molecule has 106 valence electrons. The summed E-state index contributed by atoms with van der Waals surface area (Å²) in [6, 6.07) is 13.3. The van der Waals surface area contributed by atoms with Crippen LogP contribution in [0.25, 0.3) is 0 Å². The maximum atomic E-state index is 4.15. The predicted molar refractivity (Wildman–Crippen MR) is 85.9 cm³/mol. The molecule has 0 saturated heterocycles. The first kappa shape index (κ1) is 14.8. The standard InChI is InChI=1S/C19H25N/c1-4-15(2)13-19(18-9-11-20-12-10-18)14-17-7-5-16(3)6-8-17/h5-12,15,19H,4,13-14H2,1-3H3. The zero-order chi connectivity index (χ0) is 14.4. The van der Waals surface area contributed by atoms with Crippen molar-refractivity contribution in [1.29, 1.82) is 0 Å². The highest BCUT2D eigenvalue weighted by Gasteiger charge is 2.15. The quantitative estimate of drug-likeness (QED) is 0.705. The lowest BCUT2D eigenvalue weighted by molar-refractivity contribution is 0.452. The lowest BCUT2D eigenvalue weighted by Crippen LogP contribution is -2.08. The van der Waals surface area contributed by atoms with Gasteiger partial charge in [0.15, 0.2) is 0 Å². The van der Waals surface area contributed by atoms with Gasteiger partial charge < -0.3 is 0 Å². The van der Waals surface area contributed by atoms with Crippen LogP contribution in [-0.2, 0) is 6.42 Å². The molecule has 2 aromatic rings. The van der Waals surface area contributed by atoms with Crippen molar-refractivity contribution in [2.45, 2.75) is 46.0 Å². The molecule has 0 spiro atoms. The molecule has 20 heavy (non-hydrogen) atoms. The third-order valence-electron chi connectivity index (χ3n) is 4.16. The van der Waals surface area contributed by atoms with E-state index < -0.39 is 0 Å². The number of aromatic nitrogens is 1. The van der Waals surface area contributed by atoms with Crippen LogP contribution in [0.1, 0.15) is 49.3 Å². The largest absolute Gasteiger partial charge is 0.265 e. The molecule has 0 amide bonds. The van der Waals surface area contributed by atoms with Crippen molar-refractivity contribution in [1.82, 2.24) is 4.98 Å². The fourth-order valence-electron chi connectivity index (χ4n) is 2.63. The summed E-state index contributed by atoms with van der Waals surface area (Å²) in [5.74, 6) is 1.36. The van der Waals surface area contributed by atoms with Gasteiger partial charge in [0, 0.05) is 12.4 Å². The Kier molecular flexibility index (Phi) is 5.34. The summed E-state index contributed by atoms with van der Waals surface area (Å²) in [7, 11) is 0. The third-order valence-corrected chi connectivity index (χ3v) is 4.16. The Morgan fingerprint density at radius 2 is 1.65 bits per heavy atom. The second-order valence-electron chi connectivity index (χ2n) is 5.92. The van der Waals surface area contributed by atoms with Crippen molar-refractivity contribution >= 4 is 0 Å². The minimum Gasteiger partial charge on any atom is -0.265 e. The van der Waals surface area contributed by atoms with Gasteiger partial charge >= 0.3 is 0 Å². The van der Waals surface area contributed by atoms with Crippen LogP contribution in [0.4, 0.5) is 0 Å². The van der Waals surface area contributed by atoms with Crippen molar-refractivity contribution in [3.63, 3.8) is 0 Å². The van der Waals surface area contributed by atoms with E-state index in [4.69, 9.17) is 0 Å². The number of rotatable bonds is 6. The molecule has 1 heterocycles. The molecule has 2 atom stereocenters. The normalized spacial score (nSPS) is 13.9. The number of hydrogen-bond donors (Lipinski definition) is 0. The Morgan fingerprint density at radius 1 is 1.00 bits per heavy atom. The van der Waals surface area contributed by atoms with Gasteiger partial charge in [-0.05, 0) is 54.9 Å². The summed E-state index contributed by atoms with van der Waals surface area (Å²) in [4.78, 5) is 4.15. The van der Waals surface area contributed by atoms with Gasteiger partial charge in [0.2, 0.25) is 0 Å². The fourth-order valence-corrected chi connectivity index (χ4v) is 2.63. The SMILES string of the molecule is CCC(C)CC(Cc1ccc(C)cc1)c1ccncc1. The number of pyridine rings is 1. The second-order valence-corrected chi connectivity index (χ2v) is 5.92. The summed E-state index contributed by atoms with van der Waals surface area (Å²) < 4.78 is 0. The Hall–Kier alpha value is -1.63. The molecular formula is C19H25N. The molecule has 1 nitrogen and oxygen atoms in total. The van der Waals surface area contributed by atoms with E-state index in [9.17, 15) is 0 Å². The molecule has 1 aromatic heterocycles. The average Bonchev–Trinajstić information content (AvgIpc) is 2.49. The summed E-state index contributed by atoms with van der Waals surface area (Å²) in [5, 5.41) is 0. The van der Waals surface area contributed by atoms with E-state index in [1.165, 1.54) is 29.5 Å². The lowest BCUT2D eigenvalue weighted by Gasteiger charge is -2.21. The van der Waals surface area contributed by atoms with Crippen LogP contribution in [-0.4, -0.2) is 4.98 Å². The van der Waals surface area contributed by atoms with Gasteiger partial charge in [0.05, 0.1) is 0 Å². The van der Waals surface area contributed by atoms with E-state index in [1.54, 1.807) is 0 Å². The highest BCUT2D eigenvalue weighted by molar-refractivity contribution is 5.25. The molecule has 2 unspecified atom stereocenters. The molecule has 0 aliphatic heterocycles. The maximum absolute atomic E-state index is 4.15. The van der Waals surface area contributed by atoms with Gasteiger partial charge in [-0.2, -0.15) is 0 Å². The molecule has 0 bridgehead atoms. The van der Waals surface area contributed by atoms with Crippen molar-refractivity contribution < 1.29 is 0 Å². The van der Waals surface area contributed by atoms with Gasteiger partial charge in [-0.15, -0.1) is 0 Å². The highest BCUT2D eigenvalue weighted by atomic mass is 14.6. The van der Waals surface area contributed by atoms with Crippen molar-refractivity contribution in [3.05, 3.63) is 65.5 Å². The van der Waals surface area contributed by atoms with Crippen LogP contribution < -0.4 is 0 Å². The molecule has 0 N–H and O–H groups in total. The van der Waals surface area contributed by atoms with Crippen LogP contribution >= 0.6 is 0 Å². The molecular weight excluding hydrogens is 242 g/mol. The monoisotopic (exact) mass is 267 g/mol. The highest BCUT2D eigenvalue weighted by Crippen LogP contribution is 2.28. The molecule has 1 aromatic carbocycles. The molecule has 0 saturated carbocycles. The van der Waals surface area contributed by atoms with E-state index in [0.717, 1.165) is 12.3 Å². The van der Waals surface area contributed by atoms with Crippen LogP contribution in [0.5, 0.6) is 0 Å². The predicted octanol–water partition coefficient (Wildman–Crippen LogP) is 5.15. The van der Waals surface area contributed by atoms with Crippen LogP contribution in [0.3, 0.4) is 0 Å². The van der Waals surface area contributed by atoms with Gasteiger partial charge in [0.25, 0.3) is 0 Å². The van der Waals surface area contributed by atoms with E-state index >= 15 is 0 Å². The van der Waals surface area contributed by atoms with E-state index in [1.807, 2.05) is 12.4 Å². The van der Waals surface area contributed by atoms with E-state index in [-0.39, 0.29) is 0 Å². The Bertz CT molecular complexity index is 501. The Labute approximate surface area is 123 Å². The summed E-state index contributed by atoms with van der Waals surface area (Å²) in [5.41, 5.74) is 4.18. The lowest BCUT2D eigenvalue weighted by atomic mass is 9.84. The first-order chi connectivity index (χ1) is 9.69. The van der Waals surface area contributed by atoms with E-state index in [2.05, 4.69) is 62.2 Å². The first-order valence-electron chi connectivity index (χ1n) is 7.64. The molecule has 0 fully saturated rings. The van der Waals surface area contributed by atoms with Crippen molar-refractivity contribution in [2.24, 2.45) is 5.92 Å². The van der Waals surface area contributed by atoms with Gasteiger partial charge in [0.1, 0.15) is 0 Å². The molecule has 0 aliphatic carbocycles. The topological polar surface area (TPSA) is 12.9 Å². The third kappa shape index (κ3) is 4.19. The Morgan fingerprint density at radius 3 is 2.25 bits per heavy atom. The van der Waals surface area contributed by atoms with Gasteiger partial charge in [-0.25, -0.2) is 0 Å². The van der Waals surface area contributed by atoms with Crippen molar-refractivity contribution in [2.75, 3.05) is 0 Å². The maximum Gasteiger partial charge on any atom is 0.0270 e. The number of benzene rings is 1. The summed E-state index contributed by atoms with van der Waals surface area (Å²) in [6.45, 7) is 6.77. The first-order valence-corrected chi connectivity index (χ1v) is 7.64. The number of nitrogens with zero attached hydrogens (tertiary/aromatic N) is 1. The summed E-state index contributed by atoms with van der Waals surface area (Å²) in [6.07, 6.45) is 7.43. The van der Waals surface area contributed by atoms with Crippen molar-refractivity contribution in [3.8, 4) is 0 Å². The number of hydrogen-bond acceptors (Lipinski definition) is 1. The Balaban J connectivity index is 2.16. The zero-order valence-corrected chi connectivity index (χ0v) is 12.8. The van der Waals surface area contributed by atoms with Gasteiger partial charge in [-0.1, -0.05) is 50.1 Å². The van der Waals surface area contributed by atoms with Gasteiger partial charge in [-0.3, -0.25) is 4.98 Å². The molecule has 0 radical (unpaired) electrons. The average molecular weight is 267 g/mol. The van der Waals surface area contributed by atoms with Crippen LogP contribution in [0.15, 0.2) is 48.8 Å². The molecule has 1 heteroatoms. The van der Waals surface area contributed by atoms with Crippen LogP contribution in [0, 0.1) is 12.8 Å². The smallest absolute Gasteiger partial charge is 0.0270 e. The second kappa shape index (κ2) is 7.23. The number of aryl methyl sites for hydroxylation is 1. The fraction of sp³-hybridized carbons (Fsp3) is 0.421. The van der Waals surface area contributed by atoms with E-state index in [0.29, 0.717) is 5.92 Å². The summed E-state index contributed by atoms with van der Waals surface area (Å²) >= 11 is 0. The minimum atomic E-state index is 0.593. The minimum absolute atomic E-state index is 0.593. The molecule has 0 aliphatic rings.